The average molecular weight is 314 g/mol. The Labute approximate surface area is 135 Å². The van der Waals surface area contributed by atoms with E-state index in [0.717, 1.165) is 61.4 Å². The highest BCUT2D eigenvalue weighted by Gasteiger charge is 2.35. The molecule has 0 radical (unpaired) electrons. The van der Waals surface area contributed by atoms with Crippen molar-refractivity contribution in [2.75, 3.05) is 6.54 Å². The number of nitrogens with one attached hydrogen (secondary N) is 1. The summed E-state index contributed by atoms with van der Waals surface area (Å²) in [4.78, 5) is 14.9. The SMILES string of the molecule is CC(C)c1cc([C@@H]2CCCN2C(=O)c2n[nH]c3c2CCC3)no1. The Morgan fingerprint density at radius 1 is 1.39 bits per heavy atom. The van der Waals surface area contributed by atoms with Crippen LogP contribution in [0.4, 0.5) is 0 Å². The molecule has 1 N–H and O–H groups in total. The molecule has 122 valence electrons. The molecule has 0 aromatic carbocycles. The molecule has 0 unspecified atom stereocenters. The second kappa shape index (κ2) is 5.51. The van der Waals surface area contributed by atoms with E-state index in [1.54, 1.807) is 0 Å². The van der Waals surface area contributed by atoms with E-state index in [1.807, 2.05) is 11.0 Å². The first-order valence-corrected chi connectivity index (χ1v) is 8.48. The molecule has 1 aliphatic heterocycles. The average Bonchev–Trinajstić information content (AvgIpc) is 3.27. The molecule has 1 amide bonds. The van der Waals surface area contributed by atoms with E-state index in [-0.39, 0.29) is 11.9 Å². The minimum absolute atomic E-state index is 0.00695. The summed E-state index contributed by atoms with van der Waals surface area (Å²) < 4.78 is 5.42. The first-order valence-electron chi connectivity index (χ1n) is 8.48. The zero-order chi connectivity index (χ0) is 16.0. The van der Waals surface area contributed by atoms with Crippen LogP contribution in [-0.4, -0.2) is 32.7 Å². The highest BCUT2D eigenvalue weighted by atomic mass is 16.5. The molecule has 2 aromatic heterocycles. The molecule has 6 nitrogen and oxygen atoms in total. The first kappa shape index (κ1) is 14.5. The van der Waals surface area contributed by atoms with E-state index in [1.165, 1.54) is 0 Å². The minimum Gasteiger partial charge on any atom is -0.361 e. The van der Waals surface area contributed by atoms with E-state index in [9.17, 15) is 4.79 Å². The number of aromatic amines is 1. The molecule has 2 aliphatic rings. The summed E-state index contributed by atoms with van der Waals surface area (Å²) >= 11 is 0. The summed E-state index contributed by atoms with van der Waals surface area (Å²) in [6.07, 6.45) is 4.98. The van der Waals surface area contributed by atoms with Crippen LogP contribution in [0.2, 0.25) is 0 Å². The van der Waals surface area contributed by atoms with Crippen LogP contribution in [0.5, 0.6) is 0 Å². The van der Waals surface area contributed by atoms with Gasteiger partial charge < -0.3 is 9.42 Å². The predicted octanol–water partition coefficient (Wildman–Crippen LogP) is 2.99. The van der Waals surface area contributed by atoms with Gasteiger partial charge in [0.2, 0.25) is 0 Å². The number of fused-ring (bicyclic) bond motifs is 1. The summed E-state index contributed by atoms with van der Waals surface area (Å²) in [6, 6.07) is 2.00. The quantitative estimate of drug-likeness (QED) is 0.945. The van der Waals surface area contributed by atoms with Crippen molar-refractivity contribution in [2.45, 2.75) is 57.9 Å². The lowest BCUT2D eigenvalue weighted by atomic mass is 10.1. The smallest absolute Gasteiger partial charge is 0.275 e. The van der Waals surface area contributed by atoms with Crippen LogP contribution in [0, 0.1) is 0 Å². The standard InChI is InChI=1S/C17H22N4O2/c1-10(2)15-9-13(20-23-15)14-7-4-8-21(14)17(22)16-11-5-3-6-12(11)18-19-16/h9-10,14H,3-8H2,1-2H3,(H,18,19)/t14-/m0/s1. The second-order valence-electron chi connectivity index (χ2n) is 6.85. The van der Waals surface area contributed by atoms with Crippen LogP contribution in [0.3, 0.4) is 0 Å². The van der Waals surface area contributed by atoms with E-state index in [4.69, 9.17) is 4.52 Å². The Hall–Kier alpha value is -2.11. The topological polar surface area (TPSA) is 75.0 Å². The Bertz CT molecular complexity index is 731. The number of hydrogen-bond acceptors (Lipinski definition) is 4. The number of H-pyrrole nitrogens is 1. The maximum absolute atomic E-state index is 13.0. The molecular formula is C17H22N4O2. The fourth-order valence-corrected chi connectivity index (χ4v) is 3.68. The fraction of sp³-hybridized carbons (Fsp3) is 0.588. The largest absolute Gasteiger partial charge is 0.361 e. The lowest BCUT2D eigenvalue weighted by molar-refractivity contribution is 0.0723. The molecule has 4 rings (SSSR count). The van der Waals surface area contributed by atoms with Gasteiger partial charge >= 0.3 is 0 Å². The van der Waals surface area contributed by atoms with Crippen LogP contribution >= 0.6 is 0 Å². The van der Waals surface area contributed by atoms with Crippen molar-refractivity contribution in [3.63, 3.8) is 0 Å². The van der Waals surface area contributed by atoms with Crippen LogP contribution in [-0.2, 0) is 12.8 Å². The van der Waals surface area contributed by atoms with Gasteiger partial charge in [0.15, 0.2) is 5.69 Å². The molecule has 1 saturated heterocycles. The number of aromatic nitrogens is 3. The second-order valence-corrected chi connectivity index (χ2v) is 6.85. The summed E-state index contributed by atoms with van der Waals surface area (Å²) in [5.41, 5.74) is 3.72. The molecule has 1 atom stereocenters. The molecule has 0 saturated carbocycles. The van der Waals surface area contributed by atoms with Gasteiger partial charge in [0.25, 0.3) is 5.91 Å². The summed E-state index contributed by atoms with van der Waals surface area (Å²) in [7, 11) is 0. The third-order valence-corrected chi connectivity index (χ3v) is 4.98. The third kappa shape index (κ3) is 2.36. The molecule has 0 bridgehead atoms. The Balaban J connectivity index is 1.60. The predicted molar refractivity (Wildman–Crippen MR) is 84.2 cm³/mol. The zero-order valence-electron chi connectivity index (χ0n) is 13.6. The maximum atomic E-state index is 13.0. The number of rotatable bonds is 3. The lowest BCUT2D eigenvalue weighted by Gasteiger charge is -2.22. The van der Waals surface area contributed by atoms with Crippen molar-refractivity contribution in [3.05, 3.63) is 34.5 Å². The molecule has 2 aromatic rings. The van der Waals surface area contributed by atoms with Gasteiger partial charge in [-0.25, -0.2) is 0 Å². The molecule has 0 spiro atoms. The molecule has 1 fully saturated rings. The Kier molecular flexibility index (Phi) is 3.47. The number of carbonyl (C=O) groups is 1. The summed E-state index contributed by atoms with van der Waals surface area (Å²) in [6.45, 7) is 4.92. The van der Waals surface area contributed by atoms with Crippen molar-refractivity contribution in [3.8, 4) is 0 Å². The van der Waals surface area contributed by atoms with Gasteiger partial charge in [-0.15, -0.1) is 0 Å². The molecule has 1 aliphatic carbocycles. The van der Waals surface area contributed by atoms with E-state index >= 15 is 0 Å². The van der Waals surface area contributed by atoms with Crippen molar-refractivity contribution < 1.29 is 9.32 Å². The fourth-order valence-electron chi connectivity index (χ4n) is 3.68. The van der Waals surface area contributed by atoms with Crippen molar-refractivity contribution in [1.82, 2.24) is 20.3 Å². The summed E-state index contributed by atoms with van der Waals surface area (Å²) in [5, 5.41) is 11.5. The number of aryl methyl sites for hydroxylation is 1. The first-order chi connectivity index (χ1) is 11.1. The summed E-state index contributed by atoms with van der Waals surface area (Å²) in [5.74, 6) is 1.21. The van der Waals surface area contributed by atoms with E-state index < -0.39 is 0 Å². The Morgan fingerprint density at radius 3 is 3.04 bits per heavy atom. The van der Waals surface area contributed by atoms with Crippen molar-refractivity contribution in [2.24, 2.45) is 0 Å². The molecule has 3 heterocycles. The van der Waals surface area contributed by atoms with Gasteiger partial charge in [-0.1, -0.05) is 19.0 Å². The number of carbonyl (C=O) groups excluding carboxylic acids is 1. The monoisotopic (exact) mass is 314 g/mol. The van der Waals surface area contributed by atoms with Gasteiger partial charge in [-0.05, 0) is 32.1 Å². The van der Waals surface area contributed by atoms with Gasteiger partial charge in [-0.2, -0.15) is 5.10 Å². The third-order valence-electron chi connectivity index (χ3n) is 4.98. The molecular weight excluding hydrogens is 292 g/mol. The van der Waals surface area contributed by atoms with Gasteiger partial charge in [0, 0.05) is 29.8 Å². The molecule has 6 heteroatoms. The lowest BCUT2D eigenvalue weighted by Crippen LogP contribution is -2.31. The van der Waals surface area contributed by atoms with Crippen LogP contribution in [0.15, 0.2) is 10.6 Å². The number of likely N-dealkylation sites (tertiary alicyclic amines) is 1. The van der Waals surface area contributed by atoms with Crippen LogP contribution < -0.4 is 0 Å². The maximum Gasteiger partial charge on any atom is 0.275 e. The normalized spacial score (nSPS) is 20.5. The van der Waals surface area contributed by atoms with E-state index in [2.05, 4.69) is 29.2 Å². The number of nitrogens with zero attached hydrogens (tertiary/aromatic N) is 3. The number of hydrogen-bond donors (Lipinski definition) is 1. The molecule has 23 heavy (non-hydrogen) atoms. The van der Waals surface area contributed by atoms with Crippen LogP contribution in [0.1, 0.15) is 78.3 Å². The zero-order valence-corrected chi connectivity index (χ0v) is 13.6. The van der Waals surface area contributed by atoms with Gasteiger partial charge in [-0.3, -0.25) is 9.89 Å². The highest BCUT2D eigenvalue weighted by molar-refractivity contribution is 5.94. The van der Waals surface area contributed by atoms with Gasteiger partial charge in [0.1, 0.15) is 11.5 Å². The van der Waals surface area contributed by atoms with E-state index in [0.29, 0.717) is 11.6 Å². The van der Waals surface area contributed by atoms with Crippen LogP contribution in [0.25, 0.3) is 0 Å². The van der Waals surface area contributed by atoms with Gasteiger partial charge in [0.05, 0.1) is 6.04 Å². The Morgan fingerprint density at radius 2 is 2.26 bits per heavy atom. The number of amides is 1. The van der Waals surface area contributed by atoms with Crippen molar-refractivity contribution in [1.29, 1.82) is 0 Å². The van der Waals surface area contributed by atoms with Crippen molar-refractivity contribution >= 4 is 5.91 Å². The minimum atomic E-state index is 0.00695. The highest BCUT2D eigenvalue weighted by Crippen LogP contribution is 2.35.